The molecular formula is C20H13BrN2OS3. The summed E-state index contributed by atoms with van der Waals surface area (Å²) >= 11 is 8.19. The van der Waals surface area contributed by atoms with Gasteiger partial charge in [-0.25, -0.2) is 9.97 Å². The number of carbonyl (C=O) groups excluding carboxylic acids is 1. The molecule has 4 rings (SSSR count). The standard InChI is InChI=1S/C20H13BrN2OS3/c21-14-5-3-13(4-6-14)16(24)12-26-20-22-10-9-15(23-20)17-7-8-19(27-17)18-2-1-11-25-18/h1-11H,12H2. The summed E-state index contributed by atoms with van der Waals surface area (Å²) in [6, 6.07) is 17.7. The van der Waals surface area contributed by atoms with E-state index in [1.807, 2.05) is 30.3 Å². The lowest BCUT2D eigenvalue weighted by molar-refractivity contribution is 0.102. The van der Waals surface area contributed by atoms with Crippen molar-refractivity contribution in [3.63, 3.8) is 0 Å². The second kappa shape index (κ2) is 8.48. The van der Waals surface area contributed by atoms with Crippen LogP contribution in [0, 0.1) is 0 Å². The lowest BCUT2D eigenvalue weighted by Gasteiger charge is -2.03. The molecule has 27 heavy (non-hydrogen) atoms. The highest BCUT2D eigenvalue weighted by Crippen LogP contribution is 2.36. The molecule has 0 fully saturated rings. The first-order chi connectivity index (χ1) is 13.2. The van der Waals surface area contributed by atoms with Crippen molar-refractivity contribution in [1.82, 2.24) is 9.97 Å². The summed E-state index contributed by atoms with van der Waals surface area (Å²) < 4.78 is 0.959. The van der Waals surface area contributed by atoms with Crippen LogP contribution in [0.3, 0.4) is 0 Å². The molecule has 0 aliphatic rings. The molecule has 3 nitrogen and oxygen atoms in total. The van der Waals surface area contributed by atoms with E-state index in [-0.39, 0.29) is 5.78 Å². The third-order valence-corrected chi connectivity index (χ3v) is 7.32. The quantitative estimate of drug-likeness (QED) is 0.178. The van der Waals surface area contributed by atoms with Crippen LogP contribution in [0.1, 0.15) is 10.4 Å². The molecule has 0 spiro atoms. The molecule has 0 aliphatic carbocycles. The normalized spacial score (nSPS) is 10.9. The Balaban J connectivity index is 1.46. The molecule has 3 heterocycles. The van der Waals surface area contributed by atoms with Crippen LogP contribution in [0.2, 0.25) is 0 Å². The molecule has 0 saturated heterocycles. The molecule has 0 unspecified atom stereocenters. The van der Waals surface area contributed by atoms with Gasteiger partial charge in [-0.3, -0.25) is 4.79 Å². The number of thiophene rings is 2. The van der Waals surface area contributed by atoms with Gasteiger partial charge in [-0.15, -0.1) is 22.7 Å². The van der Waals surface area contributed by atoms with Crippen LogP contribution >= 0.6 is 50.4 Å². The molecule has 0 saturated carbocycles. The first-order valence-electron chi connectivity index (χ1n) is 8.08. The third-order valence-electron chi connectivity index (χ3n) is 3.75. The third kappa shape index (κ3) is 4.55. The van der Waals surface area contributed by atoms with E-state index in [1.54, 1.807) is 28.9 Å². The maximum atomic E-state index is 12.3. The monoisotopic (exact) mass is 472 g/mol. The van der Waals surface area contributed by atoms with Crippen molar-refractivity contribution < 1.29 is 4.79 Å². The van der Waals surface area contributed by atoms with E-state index in [0.717, 1.165) is 15.0 Å². The smallest absolute Gasteiger partial charge is 0.188 e. The lowest BCUT2D eigenvalue weighted by atomic mass is 10.2. The fraction of sp³-hybridized carbons (Fsp3) is 0.0500. The first-order valence-corrected chi connectivity index (χ1v) is 11.6. The highest BCUT2D eigenvalue weighted by molar-refractivity contribution is 9.10. The maximum absolute atomic E-state index is 12.3. The fourth-order valence-electron chi connectivity index (χ4n) is 2.42. The fourth-order valence-corrected chi connectivity index (χ4v) is 5.22. The molecule has 4 aromatic rings. The van der Waals surface area contributed by atoms with Crippen molar-refractivity contribution in [2.45, 2.75) is 5.16 Å². The molecule has 0 atom stereocenters. The van der Waals surface area contributed by atoms with Gasteiger partial charge in [0, 0.05) is 26.0 Å². The van der Waals surface area contributed by atoms with Gasteiger partial charge >= 0.3 is 0 Å². The summed E-state index contributed by atoms with van der Waals surface area (Å²) in [6.45, 7) is 0. The van der Waals surface area contributed by atoms with E-state index in [1.165, 1.54) is 21.5 Å². The van der Waals surface area contributed by atoms with Gasteiger partial charge in [0.25, 0.3) is 0 Å². The van der Waals surface area contributed by atoms with Crippen LogP contribution in [-0.2, 0) is 0 Å². The Bertz CT molecular complexity index is 1060. The van der Waals surface area contributed by atoms with E-state index < -0.39 is 0 Å². The minimum Gasteiger partial charge on any atom is -0.293 e. The summed E-state index contributed by atoms with van der Waals surface area (Å²) in [4.78, 5) is 24.8. The molecule has 0 N–H and O–H groups in total. The molecular weight excluding hydrogens is 460 g/mol. The average molecular weight is 473 g/mol. The number of ketones is 1. The summed E-state index contributed by atoms with van der Waals surface area (Å²) in [6.07, 6.45) is 1.75. The number of hydrogen-bond acceptors (Lipinski definition) is 6. The van der Waals surface area contributed by atoms with Gasteiger partial charge in [-0.1, -0.05) is 45.9 Å². The molecule has 7 heteroatoms. The number of Topliss-reactive ketones (excluding diaryl/α,β-unsaturated/α-hetero) is 1. The van der Waals surface area contributed by atoms with E-state index in [0.29, 0.717) is 16.5 Å². The van der Waals surface area contributed by atoms with Gasteiger partial charge in [0.2, 0.25) is 0 Å². The van der Waals surface area contributed by atoms with Gasteiger partial charge in [-0.05, 0) is 41.8 Å². The molecule has 134 valence electrons. The van der Waals surface area contributed by atoms with Crippen molar-refractivity contribution in [3.8, 4) is 20.3 Å². The largest absolute Gasteiger partial charge is 0.293 e. The molecule has 0 radical (unpaired) electrons. The van der Waals surface area contributed by atoms with Crippen LogP contribution < -0.4 is 0 Å². The Morgan fingerprint density at radius 1 is 1.00 bits per heavy atom. The van der Waals surface area contributed by atoms with Crippen LogP contribution in [0.5, 0.6) is 0 Å². The van der Waals surface area contributed by atoms with Gasteiger partial charge in [0.15, 0.2) is 10.9 Å². The van der Waals surface area contributed by atoms with Crippen molar-refractivity contribution in [1.29, 1.82) is 0 Å². The molecule has 0 aliphatic heterocycles. The summed E-state index contributed by atoms with van der Waals surface area (Å²) in [7, 11) is 0. The Hall–Kier alpha value is -1.80. The van der Waals surface area contributed by atoms with Crippen molar-refractivity contribution in [2.24, 2.45) is 0 Å². The van der Waals surface area contributed by atoms with Crippen LogP contribution in [0.4, 0.5) is 0 Å². The van der Waals surface area contributed by atoms with Crippen molar-refractivity contribution in [2.75, 3.05) is 5.75 Å². The molecule has 0 bridgehead atoms. The number of thioether (sulfide) groups is 1. The topological polar surface area (TPSA) is 42.9 Å². The van der Waals surface area contributed by atoms with Crippen LogP contribution in [-0.4, -0.2) is 21.5 Å². The Labute approximate surface area is 177 Å². The summed E-state index contributed by atoms with van der Waals surface area (Å²) in [5.74, 6) is 0.383. The number of nitrogens with zero attached hydrogens (tertiary/aromatic N) is 2. The van der Waals surface area contributed by atoms with Gasteiger partial charge < -0.3 is 0 Å². The van der Waals surface area contributed by atoms with E-state index in [9.17, 15) is 4.79 Å². The number of hydrogen-bond donors (Lipinski definition) is 0. The maximum Gasteiger partial charge on any atom is 0.188 e. The number of rotatable bonds is 6. The summed E-state index contributed by atoms with van der Waals surface area (Å²) in [5, 5.41) is 2.69. The Kier molecular flexibility index (Phi) is 5.83. The van der Waals surface area contributed by atoms with Crippen LogP contribution in [0.15, 0.2) is 75.8 Å². The second-order valence-corrected chi connectivity index (χ2v) is 9.47. The minimum absolute atomic E-state index is 0.0672. The zero-order chi connectivity index (χ0) is 18.6. The average Bonchev–Trinajstić information content (AvgIpc) is 3.38. The minimum atomic E-state index is 0.0672. The second-order valence-electron chi connectivity index (χ2n) is 5.58. The highest BCUT2D eigenvalue weighted by Gasteiger charge is 2.11. The van der Waals surface area contributed by atoms with E-state index in [2.05, 4.69) is 55.5 Å². The Morgan fingerprint density at radius 3 is 2.59 bits per heavy atom. The Morgan fingerprint density at radius 2 is 1.81 bits per heavy atom. The molecule has 3 aromatic heterocycles. The van der Waals surface area contributed by atoms with E-state index in [4.69, 9.17) is 0 Å². The first kappa shape index (κ1) is 18.6. The van der Waals surface area contributed by atoms with Crippen molar-refractivity contribution in [3.05, 3.63) is 76.2 Å². The summed E-state index contributed by atoms with van der Waals surface area (Å²) in [5.41, 5.74) is 1.58. The van der Waals surface area contributed by atoms with Gasteiger partial charge in [0.05, 0.1) is 16.3 Å². The number of benzene rings is 1. The number of carbonyl (C=O) groups is 1. The van der Waals surface area contributed by atoms with Crippen LogP contribution in [0.25, 0.3) is 20.3 Å². The predicted molar refractivity (Wildman–Crippen MR) is 118 cm³/mol. The highest BCUT2D eigenvalue weighted by atomic mass is 79.9. The van der Waals surface area contributed by atoms with Gasteiger partial charge in [0.1, 0.15) is 0 Å². The lowest BCUT2D eigenvalue weighted by Crippen LogP contribution is -2.03. The predicted octanol–water partition coefficient (Wildman–Crippen LogP) is 6.67. The number of halogens is 1. The zero-order valence-electron chi connectivity index (χ0n) is 14.0. The molecule has 0 amide bonds. The number of aromatic nitrogens is 2. The molecule has 1 aromatic carbocycles. The van der Waals surface area contributed by atoms with E-state index >= 15 is 0 Å². The van der Waals surface area contributed by atoms with Gasteiger partial charge in [-0.2, -0.15) is 0 Å². The van der Waals surface area contributed by atoms with Crippen molar-refractivity contribution >= 4 is 56.1 Å². The zero-order valence-corrected chi connectivity index (χ0v) is 18.0. The SMILES string of the molecule is O=C(CSc1nccc(-c2ccc(-c3cccs3)s2)n1)c1ccc(Br)cc1.